The van der Waals surface area contributed by atoms with Crippen LogP contribution >= 0.6 is 0 Å². The minimum Gasteiger partial charge on any atom is -0.330 e. The van der Waals surface area contributed by atoms with Crippen LogP contribution in [0.3, 0.4) is 0 Å². The fourth-order valence-electron chi connectivity index (χ4n) is 1.59. The summed E-state index contributed by atoms with van der Waals surface area (Å²) in [5.74, 6) is 0.674. The second kappa shape index (κ2) is 2.39. The zero-order chi connectivity index (χ0) is 7.78. The summed E-state index contributed by atoms with van der Waals surface area (Å²) in [6, 6.07) is 0. The van der Waals surface area contributed by atoms with Crippen LogP contribution in [0.2, 0.25) is 0 Å². The molecule has 10 heavy (non-hydrogen) atoms. The van der Waals surface area contributed by atoms with Crippen LogP contribution in [0.4, 0.5) is 0 Å². The van der Waals surface area contributed by atoms with E-state index < -0.39 is 0 Å². The molecule has 0 bridgehead atoms. The minimum absolute atomic E-state index is 0.356. The molecule has 2 N–H and O–H groups in total. The normalized spacial score (nSPS) is 30.4. The van der Waals surface area contributed by atoms with E-state index in [0.29, 0.717) is 11.3 Å². The molecule has 0 spiro atoms. The van der Waals surface area contributed by atoms with Crippen molar-refractivity contribution in [2.45, 2.75) is 27.2 Å². The molecule has 0 fully saturated rings. The summed E-state index contributed by atoms with van der Waals surface area (Å²) in [4.78, 5) is 0. The predicted octanol–water partition coefficient (Wildman–Crippen LogP) is 1.94. The molecule has 1 heteroatoms. The van der Waals surface area contributed by atoms with Gasteiger partial charge in [-0.1, -0.05) is 25.5 Å². The molecule has 0 amide bonds. The van der Waals surface area contributed by atoms with E-state index in [2.05, 4.69) is 26.8 Å². The van der Waals surface area contributed by atoms with Gasteiger partial charge in [-0.2, -0.15) is 0 Å². The van der Waals surface area contributed by atoms with Crippen LogP contribution in [0.5, 0.6) is 0 Å². The Kier molecular flexibility index (Phi) is 1.86. The Hall–Kier alpha value is -0.300. The van der Waals surface area contributed by atoms with Crippen molar-refractivity contribution < 1.29 is 0 Å². The fourth-order valence-corrected chi connectivity index (χ4v) is 1.59. The molecule has 1 rings (SSSR count). The molecule has 0 saturated heterocycles. The number of hydrogen-bond donors (Lipinski definition) is 1. The first kappa shape index (κ1) is 7.80. The smallest absolute Gasteiger partial charge is 0.00377 e. The van der Waals surface area contributed by atoms with Gasteiger partial charge < -0.3 is 5.73 Å². The Balaban J connectivity index is 2.74. The van der Waals surface area contributed by atoms with Gasteiger partial charge in [0.15, 0.2) is 0 Å². The summed E-state index contributed by atoms with van der Waals surface area (Å²) in [7, 11) is 0. The number of hydrogen-bond acceptors (Lipinski definition) is 1. The van der Waals surface area contributed by atoms with Crippen LogP contribution in [0.1, 0.15) is 27.2 Å². The molecule has 0 heterocycles. The van der Waals surface area contributed by atoms with Gasteiger partial charge in [-0.3, -0.25) is 0 Å². The van der Waals surface area contributed by atoms with E-state index in [1.807, 2.05) is 0 Å². The van der Waals surface area contributed by atoms with E-state index in [1.165, 1.54) is 12.0 Å². The van der Waals surface area contributed by atoms with Crippen molar-refractivity contribution in [2.24, 2.45) is 17.1 Å². The first-order valence-corrected chi connectivity index (χ1v) is 3.96. The Morgan fingerprint density at radius 1 is 1.70 bits per heavy atom. The van der Waals surface area contributed by atoms with Crippen molar-refractivity contribution in [1.29, 1.82) is 0 Å². The van der Waals surface area contributed by atoms with Crippen LogP contribution in [-0.2, 0) is 0 Å². The monoisotopic (exact) mass is 139 g/mol. The average Bonchev–Trinajstić information content (AvgIpc) is 2.10. The van der Waals surface area contributed by atoms with Crippen LogP contribution in [0.15, 0.2) is 11.6 Å². The van der Waals surface area contributed by atoms with Gasteiger partial charge in [0.2, 0.25) is 0 Å². The molecule has 0 radical (unpaired) electrons. The van der Waals surface area contributed by atoms with Gasteiger partial charge >= 0.3 is 0 Å². The van der Waals surface area contributed by atoms with Crippen molar-refractivity contribution in [3.8, 4) is 0 Å². The molecular formula is C9H17N. The predicted molar refractivity (Wildman–Crippen MR) is 44.7 cm³/mol. The maximum atomic E-state index is 5.64. The van der Waals surface area contributed by atoms with Crippen LogP contribution in [0, 0.1) is 11.3 Å². The summed E-state index contributed by atoms with van der Waals surface area (Å²) in [6.45, 7) is 7.59. The third-order valence-electron chi connectivity index (χ3n) is 3.03. The molecule has 0 aromatic carbocycles. The van der Waals surface area contributed by atoms with Crippen molar-refractivity contribution >= 4 is 0 Å². The van der Waals surface area contributed by atoms with E-state index in [1.54, 1.807) is 0 Å². The minimum atomic E-state index is 0.356. The van der Waals surface area contributed by atoms with Crippen molar-refractivity contribution in [1.82, 2.24) is 0 Å². The van der Waals surface area contributed by atoms with Crippen LogP contribution in [0.25, 0.3) is 0 Å². The lowest BCUT2D eigenvalue weighted by Gasteiger charge is -2.28. The number of allylic oxidation sites excluding steroid dienone is 2. The van der Waals surface area contributed by atoms with Gasteiger partial charge in [0.05, 0.1) is 0 Å². The molecule has 1 aliphatic carbocycles. The molecule has 0 aromatic heterocycles. The van der Waals surface area contributed by atoms with Gasteiger partial charge in [-0.05, 0) is 31.2 Å². The lowest BCUT2D eigenvalue weighted by atomic mass is 9.78. The second-order valence-electron chi connectivity index (χ2n) is 3.78. The summed E-state index contributed by atoms with van der Waals surface area (Å²) < 4.78 is 0. The van der Waals surface area contributed by atoms with E-state index in [4.69, 9.17) is 5.73 Å². The molecular weight excluding hydrogens is 122 g/mol. The third kappa shape index (κ3) is 0.988. The highest BCUT2D eigenvalue weighted by Crippen LogP contribution is 2.41. The second-order valence-corrected chi connectivity index (χ2v) is 3.78. The first-order chi connectivity index (χ1) is 4.59. The van der Waals surface area contributed by atoms with Crippen LogP contribution < -0.4 is 5.73 Å². The molecule has 58 valence electrons. The fraction of sp³-hybridized carbons (Fsp3) is 0.778. The Bertz CT molecular complexity index is 156. The summed E-state index contributed by atoms with van der Waals surface area (Å²) in [5, 5.41) is 0. The first-order valence-electron chi connectivity index (χ1n) is 3.96. The van der Waals surface area contributed by atoms with Gasteiger partial charge in [-0.25, -0.2) is 0 Å². The van der Waals surface area contributed by atoms with Gasteiger partial charge in [0, 0.05) is 0 Å². The van der Waals surface area contributed by atoms with Crippen molar-refractivity contribution in [3.63, 3.8) is 0 Å². The zero-order valence-corrected chi connectivity index (χ0v) is 7.15. The van der Waals surface area contributed by atoms with E-state index in [0.717, 1.165) is 6.54 Å². The molecule has 0 aliphatic heterocycles. The molecule has 1 atom stereocenters. The third-order valence-corrected chi connectivity index (χ3v) is 3.03. The maximum absolute atomic E-state index is 5.64. The highest BCUT2D eigenvalue weighted by molar-refractivity contribution is 5.18. The topological polar surface area (TPSA) is 26.0 Å². The van der Waals surface area contributed by atoms with E-state index >= 15 is 0 Å². The molecule has 1 unspecified atom stereocenters. The van der Waals surface area contributed by atoms with Gasteiger partial charge in [0.1, 0.15) is 0 Å². The number of nitrogens with two attached hydrogens (primary N) is 1. The van der Waals surface area contributed by atoms with Gasteiger partial charge in [-0.15, -0.1) is 0 Å². The summed E-state index contributed by atoms with van der Waals surface area (Å²) >= 11 is 0. The lowest BCUT2D eigenvalue weighted by molar-refractivity contribution is 0.300. The molecule has 1 nitrogen and oxygen atoms in total. The summed E-state index contributed by atoms with van der Waals surface area (Å²) in [6.07, 6.45) is 3.49. The zero-order valence-electron chi connectivity index (χ0n) is 7.15. The molecule has 0 aromatic rings. The number of rotatable bonds is 1. The Morgan fingerprint density at radius 2 is 2.30 bits per heavy atom. The van der Waals surface area contributed by atoms with E-state index in [9.17, 15) is 0 Å². The highest BCUT2D eigenvalue weighted by atomic mass is 14.6. The molecule has 1 aliphatic rings. The average molecular weight is 139 g/mol. The van der Waals surface area contributed by atoms with Crippen LogP contribution in [-0.4, -0.2) is 6.54 Å². The Labute approximate surface area is 63.3 Å². The Morgan fingerprint density at radius 3 is 2.50 bits per heavy atom. The lowest BCUT2D eigenvalue weighted by Crippen LogP contribution is -2.27. The van der Waals surface area contributed by atoms with Crippen molar-refractivity contribution in [3.05, 3.63) is 11.6 Å². The summed E-state index contributed by atoms with van der Waals surface area (Å²) in [5.41, 5.74) is 7.50. The largest absolute Gasteiger partial charge is 0.330 e. The van der Waals surface area contributed by atoms with E-state index in [-0.39, 0.29) is 0 Å². The maximum Gasteiger partial charge on any atom is -0.00377 e. The highest BCUT2D eigenvalue weighted by Gasteiger charge is 2.33. The standard InChI is InChI=1S/C9H17N/c1-7-4-5-8(6-10)9(7,2)3/h4,8H,5-6,10H2,1-3H3. The quantitative estimate of drug-likeness (QED) is 0.552. The SMILES string of the molecule is CC1=CCC(CN)C1(C)C. The molecule has 0 saturated carbocycles. The van der Waals surface area contributed by atoms with Gasteiger partial charge in [0.25, 0.3) is 0 Å². The van der Waals surface area contributed by atoms with Crippen molar-refractivity contribution in [2.75, 3.05) is 6.54 Å².